The lowest BCUT2D eigenvalue weighted by Crippen LogP contribution is -2.47. The van der Waals surface area contributed by atoms with Crippen LogP contribution in [0, 0.1) is 0 Å². The number of hydrogen-bond acceptors (Lipinski definition) is 2. The van der Waals surface area contributed by atoms with Gasteiger partial charge in [-0.1, -0.05) is 42.5 Å². The van der Waals surface area contributed by atoms with E-state index in [1.807, 2.05) is 30.3 Å². The van der Waals surface area contributed by atoms with Crippen LogP contribution in [-0.4, -0.2) is 18.5 Å². The smallest absolute Gasteiger partial charge is 0.191 e. The van der Waals surface area contributed by atoms with Crippen LogP contribution in [0.3, 0.4) is 0 Å². The van der Waals surface area contributed by atoms with E-state index in [4.69, 9.17) is 4.74 Å². The third-order valence-corrected chi connectivity index (χ3v) is 3.35. The van der Waals surface area contributed by atoms with Gasteiger partial charge in [0.15, 0.2) is 5.96 Å². The van der Waals surface area contributed by atoms with Crippen LogP contribution in [0.2, 0.25) is 0 Å². The Labute approximate surface area is 145 Å². The molecule has 2 aromatic carbocycles. The molecule has 4 heteroatoms. The average molecular weight is 325 g/mol. The van der Waals surface area contributed by atoms with Crippen LogP contribution in [0.25, 0.3) is 0 Å². The highest BCUT2D eigenvalue weighted by atomic mass is 16.5. The predicted molar refractivity (Wildman–Crippen MR) is 100 cm³/mol. The second-order valence-electron chi connectivity index (χ2n) is 6.72. The molecule has 0 aliphatic carbocycles. The van der Waals surface area contributed by atoms with E-state index in [0.29, 0.717) is 6.61 Å². The Hall–Kier alpha value is -2.49. The number of nitrogens with zero attached hydrogens (tertiary/aromatic N) is 1. The van der Waals surface area contributed by atoms with Crippen molar-refractivity contribution in [3.63, 3.8) is 0 Å². The molecule has 0 radical (unpaired) electrons. The summed E-state index contributed by atoms with van der Waals surface area (Å²) in [4.78, 5) is 4.24. The number of rotatable bonds is 5. The molecule has 0 aromatic heterocycles. The molecule has 0 fully saturated rings. The molecular weight excluding hydrogens is 298 g/mol. The van der Waals surface area contributed by atoms with Gasteiger partial charge in [0.1, 0.15) is 12.4 Å². The highest BCUT2D eigenvalue weighted by Gasteiger charge is 2.11. The lowest BCUT2D eigenvalue weighted by molar-refractivity contribution is 0.306. The van der Waals surface area contributed by atoms with Crippen molar-refractivity contribution in [2.24, 2.45) is 4.99 Å². The Morgan fingerprint density at radius 1 is 0.958 bits per heavy atom. The minimum atomic E-state index is -0.0134. The van der Waals surface area contributed by atoms with Crippen molar-refractivity contribution >= 4 is 5.96 Å². The van der Waals surface area contributed by atoms with E-state index in [2.05, 4.69) is 60.7 Å². The van der Waals surface area contributed by atoms with Crippen molar-refractivity contribution in [3.8, 4) is 5.75 Å². The van der Waals surface area contributed by atoms with Crippen molar-refractivity contribution < 1.29 is 4.74 Å². The fraction of sp³-hybridized carbons (Fsp3) is 0.350. The monoisotopic (exact) mass is 325 g/mol. The topological polar surface area (TPSA) is 45.7 Å². The Kier molecular flexibility index (Phi) is 6.24. The van der Waals surface area contributed by atoms with Gasteiger partial charge in [-0.2, -0.15) is 0 Å². The molecule has 0 saturated carbocycles. The van der Waals surface area contributed by atoms with Gasteiger partial charge in [0, 0.05) is 19.1 Å². The summed E-state index contributed by atoms with van der Waals surface area (Å²) in [6.45, 7) is 7.64. The van der Waals surface area contributed by atoms with E-state index in [9.17, 15) is 0 Å². The van der Waals surface area contributed by atoms with E-state index in [-0.39, 0.29) is 5.54 Å². The van der Waals surface area contributed by atoms with Crippen molar-refractivity contribution in [3.05, 3.63) is 65.7 Å². The van der Waals surface area contributed by atoms with Gasteiger partial charge in [0.25, 0.3) is 0 Å². The van der Waals surface area contributed by atoms with Gasteiger partial charge >= 0.3 is 0 Å². The molecule has 0 heterocycles. The molecule has 0 atom stereocenters. The summed E-state index contributed by atoms with van der Waals surface area (Å²) >= 11 is 0. The molecule has 0 amide bonds. The molecular formula is C20H27N3O. The molecule has 0 spiro atoms. The molecule has 128 valence electrons. The minimum Gasteiger partial charge on any atom is -0.489 e. The highest BCUT2D eigenvalue weighted by molar-refractivity contribution is 5.80. The fourth-order valence-corrected chi connectivity index (χ4v) is 2.16. The molecule has 0 bridgehead atoms. The van der Waals surface area contributed by atoms with Gasteiger partial charge in [-0.3, -0.25) is 4.99 Å². The summed E-state index contributed by atoms with van der Waals surface area (Å²) in [5.74, 6) is 1.69. The lowest BCUT2D eigenvalue weighted by atomic mass is 10.1. The van der Waals surface area contributed by atoms with E-state index in [1.165, 1.54) is 5.56 Å². The molecule has 0 aliphatic rings. The maximum absolute atomic E-state index is 5.76. The number of hydrogen-bond donors (Lipinski definition) is 2. The maximum atomic E-state index is 5.76. The Bertz CT molecular complexity index is 643. The first-order valence-corrected chi connectivity index (χ1v) is 8.21. The molecule has 0 saturated heterocycles. The summed E-state index contributed by atoms with van der Waals surface area (Å²) in [6.07, 6.45) is 0. The Morgan fingerprint density at radius 2 is 1.58 bits per heavy atom. The van der Waals surface area contributed by atoms with Crippen LogP contribution in [0.1, 0.15) is 31.9 Å². The summed E-state index contributed by atoms with van der Waals surface area (Å²) in [6, 6.07) is 18.3. The van der Waals surface area contributed by atoms with Gasteiger partial charge < -0.3 is 15.4 Å². The third kappa shape index (κ3) is 6.32. The number of benzene rings is 2. The van der Waals surface area contributed by atoms with E-state index in [1.54, 1.807) is 7.05 Å². The fourth-order valence-electron chi connectivity index (χ4n) is 2.16. The molecule has 0 unspecified atom stereocenters. The van der Waals surface area contributed by atoms with Crippen LogP contribution in [-0.2, 0) is 13.2 Å². The van der Waals surface area contributed by atoms with Crippen LogP contribution in [0.5, 0.6) is 5.75 Å². The minimum absolute atomic E-state index is 0.0134. The molecule has 2 rings (SSSR count). The third-order valence-electron chi connectivity index (χ3n) is 3.35. The summed E-state index contributed by atoms with van der Waals surface area (Å²) in [5.41, 5.74) is 2.34. The first-order chi connectivity index (χ1) is 11.5. The number of para-hydroxylation sites is 1. The zero-order valence-electron chi connectivity index (χ0n) is 15.0. The van der Waals surface area contributed by atoms with Crippen molar-refractivity contribution in [2.75, 3.05) is 7.05 Å². The van der Waals surface area contributed by atoms with E-state index >= 15 is 0 Å². The summed E-state index contributed by atoms with van der Waals surface area (Å²) < 4.78 is 5.76. The first-order valence-electron chi connectivity index (χ1n) is 8.21. The number of guanidine groups is 1. The van der Waals surface area contributed by atoms with Crippen LogP contribution >= 0.6 is 0 Å². The SMILES string of the molecule is CN=C(NCc1ccc(COc2ccccc2)cc1)NC(C)(C)C. The highest BCUT2D eigenvalue weighted by Crippen LogP contribution is 2.12. The number of aliphatic imine (C=N–C) groups is 1. The maximum Gasteiger partial charge on any atom is 0.191 e. The van der Waals surface area contributed by atoms with Gasteiger partial charge in [-0.25, -0.2) is 0 Å². The zero-order valence-corrected chi connectivity index (χ0v) is 15.0. The predicted octanol–water partition coefficient (Wildman–Crippen LogP) is 3.73. The Morgan fingerprint density at radius 3 is 2.17 bits per heavy atom. The van der Waals surface area contributed by atoms with Crippen LogP contribution in [0.15, 0.2) is 59.6 Å². The standard InChI is InChI=1S/C20H27N3O/c1-20(2,3)23-19(21-4)22-14-16-10-12-17(13-11-16)15-24-18-8-6-5-7-9-18/h5-13H,14-15H2,1-4H3,(H2,21,22,23). The molecule has 2 aromatic rings. The van der Waals surface area contributed by atoms with Gasteiger partial charge in [-0.15, -0.1) is 0 Å². The van der Waals surface area contributed by atoms with E-state index < -0.39 is 0 Å². The van der Waals surface area contributed by atoms with Crippen molar-refractivity contribution in [1.82, 2.24) is 10.6 Å². The number of ether oxygens (including phenoxy) is 1. The second-order valence-corrected chi connectivity index (χ2v) is 6.72. The quantitative estimate of drug-likeness (QED) is 0.650. The molecule has 4 nitrogen and oxygen atoms in total. The molecule has 2 N–H and O–H groups in total. The number of nitrogens with one attached hydrogen (secondary N) is 2. The van der Waals surface area contributed by atoms with E-state index in [0.717, 1.165) is 23.8 Å². The van der Waals surface area contributed by atoms with Crippen LogP contribution < -0.4 is 15.4 Å². The van der Waals surface area contributed by atoms with Gasteiger partial charge in [0.2, 0.25) is 0 Å². The van der Waals surface area contributed by atoms with Crippen molar-refractivity contribution in [1.29, 1.82) is 0 Å². The second kappa shape index (κ2) is 8.39. The largest absolute Gasteiger partial charge is 0.489 e. The first kappa shape index (κ1) is 17.9. The average Bonchev–Trinajstić information content (AvgIpc) is 2.57. The summed E-state index contributed by atoms with van der Waals surface area (Å²) in [7, 11) is 1.78. The molecule has 24 heavy (non-hydrogen) atoms. The lowest BCUT2D eigenvalue weighted by Gasteiger charge is -2.23. The van der Waals surface area contributed by atoms with Gasteiger partial charge in [-0.05, 0) is 44.0 Å². The van der Waals surface area contributed by atoms with Crippen LogP contribution in [0.4, 0.5) is 0 Å². The normalized spacial score (nSPS) is 11.9. The molecule has 0 aliphatic heterocycles. The summed E-state index contributed by atoms with van der Waals surface area (Å²) in [5, 5.41) is 6.67. The van der Waals surface area contributed by atoms with Crippen molar-refractivity contribution in [2.45, 2.75) is 39.5 Å². The Balaban J connectivity index is 1.83. The van der Waals surface area contributed by atoms with Gasteiger partial charge in [0.05, 0.1) is 0 Å². The zero-order chi connectivity index (χ0) is 17.4.